The Morgan fingerprint density at radius 3 is 2.73 bits per heavy atom. The molecule has 1 aromatic carbocycles. The van der Waals surface area contributed by atoms with Crippen LogP contribution in [-0.4, -0.2) is 44.9 Å². The van der Waals surface area contributed by atoms with E-state index in [-0.39, 0.29) is 40.5 Å². The molecule has 1 aliphatic heterocycles. The highest BCUT2D eigenvalue weighted by molar-refractivity contribution is 7.89. The van der Waals surface area contributed by atoms with Crippen LogP contribution < -0.4 is 5.73 Å². The fraction of sp³-hybridized carbons (Fsp3) is 0.462. The zero-order valence-electron chi connectivity index (χ0n) is 12.0. The molecule has 1 atom stereocenters. The molecule has 0 aliphatic carbocycles. The number of esters is 1. The van der Waals surface area contributed by atoms with Crippen LogP contribution in [0.5, 0.6) is 0 Å². The summed E-state index contributed by atoms with van der Waals surface area (Å²) in [5, 5.41) is 0.0476. The summed E-state index contributed by atoms with van der Waals surface area (Å²) in [6.07, 6.45) is 1.54. The van der Waals surface area contributed by atoms with Gasteiger partial charge in [0.2, 0.25) is 10.0 Å². The van der Waals surface area contributed by atoms with Crippen molar-refractivity contribution in [2.24, 2.45) is 5.73 Å². The average molecular weight is 369 g/mol. The van der Waals surface area contributed by atoms with E-state index in [1.807, 2.05) is 0 Å². The second-order valence-electron chi connectivity index (χ2n) is 4.78. The van der Waals surface area contributed by atoms with Crippen molar-refractivity contribution in [3.05, 3.63) is 28.8 Å². The molecule has 1 aromatic rings. The van der Waals surface area contributed by atoms with Gasteiger partial charge in [-0.1, -0.05) is 11.6 Å². The fourth-order valence-corrected chi connectivity index (χ4v) is 4.48. The van der Waals surface area contributed by atoms with E-state index in [0.29, 0.717) is 6.54 Å². The topological polar surface area (TPSA) is 89.7 Å². The molecule has 124 valence electrons. The van der Waals surface area contributed by atoms with Crippen molar-refractivity contribution >= 4 is 40.0 Å². The van der Waals surface area contributed by atoms with Gasteiger partial charge >= 0.3 is 5.97 Å². The maximum absolute atomic E-state index is 12.6. The smallest absolute Gasteiger partial charge is 0.339 e. The largest absolute Gasteiger partial charge is 0.465 e. The summed E-state index contributed by atoms with van der Waals surface area (Å²) in [5.74, 6) is -0.607. The van der Waals surface area contributed by atoms with Crippen molar-refractivity contribution < 1.29 is 17.9 Å². The molecule has 0 bridgehead atoms. The molecule has 1 heterocycles. The Labute approximate surface area is 141 Å². The van der Waals surface area contributed by atoms with Crippen LogP contribution in [0.4, 0.5) is 0 Å². The van der Waals surface area contributed by atoms with Gasteiger partial charge in [-0.15, -0.1) is 12.4 Å². The summed E-state index contributed by atoms with van der Waals surface area (Å²) in [5.41, 5.74) is 5.75. The number of carbonyl (C=O) groups is 1. The first-order valence-corrected chi connectivity index (χ1v) is 8.33. The van der Waals surface area contributed by atoms with E-state index in [4.69, 9.17) is 17.3 Å². The van der Waals surface area contributed by atoms with Gasteiger partial charge in [0.25, 0.3) is 0 Å². The number of methoxy groups -OCH3 is 1. The van der Waals surface area contributed by atoms with Crippen LogP contribution in [0.1, 0.15) is 23.2 Å². The molecule has 0 radical (unpaired) electrons. The van der Waals surface area contributed by atoms with Gasteiger partial charge in [-0.2, -0.15) is 4.31 Å². The van der Waals surface area contributed by atoms with Gasteiger partial charge in [-0.25, -0.2) is 13.2 Å². The Hall–Kier alpha value is -0.860. The monoisotopic (exact) mass is 368 g/mol. The highest BCUT2D eigenvalue weighted by atomic mass is 35.5. The van der Waals surface area contributed by atoms with Crippen LogP contribution in [0.2, 0.25) is 5.02 Å². The number of benzene rings is 1. The standard InChI is InChI=1S/C13H17ClN2O4S.ClH/c1-20-13(17)11-5-4-10(7-12(11)14)21(18,19)16-6-2-3-9(16)8-15;/h4-5,7,9H,2-3,6,8,15H2,1H3;1H. The Morgan fingerprint density at radius 2 is 2.18 bits per heavy atom. The van der Waals surface area contributed by atoms with Crippen molar-refractivity contribution in [1.29, 1.82) is 0 Å². The number of hydrogen-bond donors (Lipinski definition) is 1. The molecule has 6 nitrogen and oxygen atoms in total. The summed E-state index contributed by atoms with van der Waals surface area (Å²) < 4.78 is 31.2. The maximum Gasteiger partial charge on any atom is 0.339 e. The lowest BCUT2D eigenvalue weighted by atomic mass is 10.2. The molecule has 0 aromatic heterocycles. The molecule has 1 saturated heterocycles. The molecule has 2 N–H and O–H groups in total. The predicted molar refractivity (Wildman–Crippen MR) is 86.0 cm³/mol. The van der Waals surface area contributed by atoms with E-state index >= 15 is 0 Å². The first-order chi connectivity index (χ1) is 9.91. The second kappa shape index (κ2) is 7.61. The summed E-state index contributed by atoms with van der Waals surface area (Å²) in [6, 6.07) is 3.80. The van der Waals surface area contributed by atoms with E-state index in [2.05, 4.69) is 4.74 Å². The lowest BCUT2D eigenvalue weighted by Crippen LogP contribution is -2.39. The predicted octanol–water partition coefficient (Wildman–Crippen LogP) is 1.66. The van der Waals surface area contributed by atoms with Gasteiger partial charge in [0.1, 0.15) is 0 Å². The Balaban J connectivity index is 0.00000242. The Morgan fingerprint density at radius 1 is 1.50 bits per heavy atom. The molecule has 1 aliphatic rings. The number of rotatable bonds is 4. The number of halogens is 2. The van der Waals surface area contributed by atoms with E-state index in [1.165, 1.54) is 29.6 Å². The maximum atomic E-state index is 12.6. The van der Waals surface area contributed by atoms with Gasteiger partial charge < -0.3 is 10.5 Å². The van der Waals surface area contributed by atoms with Crippen molar-refractivity contribution in [3.8, 4) is 0 Å². The van der Waals surface area contributed by atoms with Gasteiger partial charge in [-0.3, -0.25) is 0 Å². The number of hydrogen-bond acceptors (Lipinski definition) is 5. The summed E-state index contributed by atoms with van der Waals surface area (Å²) in [7, 11) is -2.42. The van der Waals surface area contributed by atoms with E-state index in [1.54, 1.807) is 0 Å². The first kappa shape index (κ1) is 19.2. The zero-order chi connectivity index (χ0) is 15.6. The van der Waals surface area contributed by atoms with Gasteiger partial charge in [-0.05, 0) is 31.0 Å². The molecule has 0 spiro atoms. The number of nitrogens with two attached hydrogens (primary N) is 1. The van der Waals surface area contributed by atoms with Crippen LogP contribution in [0, 0.1) is 0 Å². The SMILES string of the molecule is COC(=O)c1ccc(S(=O)(=O)N2CCCC2CN)cc1Cl.Cl. The average Bonchev–Trinajstić information content (AvgIpc) is 2.95. The third-order valence-electron chi connectivity index (χ3n) is 3.55. The summed E-state index contributed by atoms with van der Waals surface area (Å²) in [4.78, 5) is 11.5. The molecule has 2 rings (SSSR count). The van der Waals surface area contributed by atoms with Crippen molar-refractivity contribution in [2.45, 2.75) is 23.8 Å². The Kier molecular flexibility index (Phi) is 6.64. The molecule has 1 unspecified atom stereocenters. The summed E-state index contributed by atoms with van der Waals surface area (Å²) in [6.45, 7) is 0.730. The van der Waals surface area contributed by atoms with E-state index in [9.17, 15) is 13.2 Å². The number of carbonyl (C=O) groups excluding carboxylic acids is 1. The minimum Gasteiger partial charge on any atom is -0.465 e. The quantitative estimate of drug-likeness (QED) is 0.816. The first-order valence-electron chi connectivity index (χ1n) is 6.51. The number of ether oxygens (including phenoxy) is 1. The van der Waals surface area contributed by atoms with Crippen LogP contribution >= 0.6 is 24.0 Å². The van der Waals surface area contributed by atoms with E-state index in [0.717, 1.165) is 12.8 Å². The van der Waals surface area contributed by atoms with Crippen molar-refractivity contribution in [1.82, 2.24) is 4.31 Å². The Bertz CT molecular complexity index is 651. The number of nitrogens with zero attached hydrogens (tertiary/aromatic N) is 1. The molecular formula is C13H18Cl2N2O4S. The molecular weight excluding hydrogens is 351 g/mol. The van der Waals surface area contributed by atoms with Crippen LogP contribution in [0.25, 0.3) is 0 Å². The highest BCUT2D eigenvalue weighted by Gasteiger charge is 2.34. The lowest BCUT2D eigenvalue weighted by Gasteiger charge is -2.23. The number of sulfonamides is 1. The summed E-state index contributed by atoms with van der Waals surface area (Å²) >= 11 is 5.98. The molecule has 0 amide bonds. The van der Waals surface area contributed by atoms with Gasteiger partial charge in [0.05, 0.1) is 22.6 Å². The lowest BCUT2D eigenvalue weighted by molar-refractivity contribution is 0.0601. The van der Waals surface area contributed by atoms with Crippen LogP contribution in [-0.2, 0) is 14.8 Å². The molecule has 0 saturated carbocycles. The second-order valence-corrected chi connectivity index (χ2v) is 7.08. The van der Waals surface area contributed by atoms with Gasteiger partial charge in [0.15, 0.2) is 0 Å². The third-order valence-corrected chi connectivity index (χ3v) is 5.81. The molecule has 1 fully saturated rings. The van der Waals surface area contributed by atoms with Crippen molar-refractivity contribution in [3.63, 3.8) is 0 Å². The third kappa shape index (κ3) is 3.55. The molecule has 22 heavy (non-hydrogen) atoms. The minimum atomic E-state index is -3.65. The van der Waals surface area contributed by atoms with Crippen molar-refractivity contribution in [2.75, 3.05) is 20.2 Å². The molecule has 9 heteroatoms. The minimum absolute atomic E-state index is 0. The van der Waals surface area contributed by atoms with Crippen LogP contribution in [0.3, 0.4) is 0 Å². The fourth-order valence-electron chi connectivity index (χ4n) is 2.43. The highest BCUT2D eigenvalue weighted by Crippen LogP contribution is 2.28. The normalized spacial score (nSPS) is 18.8. The van der Waals surface area contributed by atoms with Gasteiger partial charge in [0, 0.05) is 19.1 Å². The van der Waals surface area contributed by atoms with Crippen LogP contribution in [0.15, 0.2) is 23.1 Å². The zero-order valence-corrected chi connectivity index (χ0v) is 14.4. The van der Waals surface area contributed by atoms with E-state index < -0.39 is 16.0 Å².